The van der Waals surface area contributed by atoms with Gasteiger partial charge in [-0.25, -0.2) is 0 Å². The van der Waals surface area contributed by atoms with Crippen LogP contribution in [0.1, 0.15) is 58.8 Å². The van der Waals surface area contributed by atoms with Gasteiger partial charge in [0.25, 0.3) is 0 Å². The SMILES string of the molecule is CC[C@H](N)CN(CC)C(=O)C(=O)N(C)C1CCCCCC1. The van der Waals surface area contributed by atoms with Crippen molar-refractivity contribution >= 4 is 11.8 Å². The molecule has 0 aromatic heterocycles. The van der Waals surface area contributed by atoms with Crippen molar-refractivity contribution in [2.45, 2.75) is 70.9 Å². The Kier molecular flexibility index (Phi) is 7.72. The van der Waals surface area contributed by atoms with Gasteiger partial charge in [-0.15, -0.1) is 0 Å². The van der Waals surface area contributed by atoms with Crippen molar-refractivity contribution in [1.29, 1.82) is 0 Å². The minimum Gasteiger partial charge on any atom is -0.335 e. The van der Waals surface area contributed by atoms with Gasteiger partial charge in [-0.05, 0) is 26.2 Å². The minimum absolute atomic E-state index is 0.0649. The van der Waals surface area contributed by atoms with Gasteiger partial charge < -0.3 is 15.5 Å². The fraction of sp³-hybridized carbons (Fsp3) is 0.875. The highest BCUT2D eigenvalue weighted by Crippen LogP contribution is 2.21. The maximum atomic E-state index is 12.4. The number of nitrogens with zero attached hydrogens (tertiary/aromatic N) is 2. The van der Waals surface area contributed by atoms with Crippen LogP contribution in [0.15, 0.2) is 0 Å². The maximum absolute atomic E-state index is 12.4. The molecule has 0 aromatic rings. The minimum atomic E-state index is -0.409. The number of amides is 2. The van der Waals surface area contributed by atoms with Crippen LogP contribution in [0.3, 0.4) is 0 Å². The van der Waals surface area contributed by atoms with Crippen molar-refractivity contribution in [3.05, 3.63) is 0 Å². The van der Waals surface area contributed by atoms with Gasteiger partial charge in [-0.3, -0.25) is 9.59 Å². The van der Waals surface area contributed by atoms with E-state index in [0.29, 0.717) is 13.1 Å². The van der Waals surface area contributed by atoms with Crippen molar-refractivity contribution in [3.63, 3.8) is 0 Å². The molecule has 0 aromatic carbocycles. The molecular weight excluding hydrogens is 266 g/mol. The van der Waals surface area contributed by atoms with Crippen LogP contribution in [-0.2, 0) is 9.59 Å². The highest BCUT2D eigenvalue weighted by Gasteiger charge is 2.29. The van der Waals surface area contributed by atoms with Gasteiger partial charge in [0.2, 0.25) is 0 Å². The van der Waals surface area contributed by atoms with Crippen molar-refractivity contribution < 1.29 is 9.59 Å². The molecule has 0 aliphatic heterocycles. The standard InChI is InChI=1S/C16H31N3O2/c1-4-13(17)12-19(5-2)16(21)15(20)18(3)14-10-8-6-7-9-11-14/h13-14H,4-12,17H2,1-3H3/t13-/m0/s1. The summed E-state index contributed by atoms with van der Waals surface area (Å²) in [7, 11) is 1.77. The van der Waals surface area contributed by atoms with Gasteiger partial charge in [-0.2, -0.15) is 0 Å². The normalized spacial score (nSPS) is 17.9. The molecule has 2 amide bonds. The molecule has 0 bridgehead atoms. The van der Waals surface area contributed by atoms with Crippen LogP contribution in [0, 0.1) is 0 Å². The molecule has 0 unspecified atom stereocenters. The second kappa shape index (κ2) is 9.03. The summed E-state index contributed by atoms with van der Waals surface area (Å²) in [6.45, 7) is 4.86. The number of hydrogen-bond acceptors (Lipinski definition) is 3. The lowest BCUT2D eigenvalue weighted by Crippen LogP contribution is -2.50. The van der Waals surface area contributed by atoms with Gasteiger partial charge in [-0.1, -0.05) is 32.6 Å². The Bertz CT molecular complexity index is 338. The quantitative estimate of drug-likeness (QED) is 0.621. The fourth-order valence-electron chi connectivity index (χ4n) is 2.86. The van der Waals surface area contributed by atoms with E-state index in [1.54, 1.807) is 16.8 Å². The third-order valence-electron chi connectivity index (χ3n) is 4.52. The second-order valence-electron chi connectivity index (χ2n) is 6.07. The van der Waals surface area contributed by atoms with Crippen molar-refractivity contribution in [2.24, 2.45) is 5.73 Å². The summed E-state index contributed by atoms with van der Waals surface area (Å²) >= 11 is 0. The van der Waals surface area contributed by atoms with Crippen molar-refractivity contribution in [3.8, 4) is 0 Å². The topological polar surface area (TPSA) is 66.6 Å². The lowest BCUT2D eigenvalue weighted by Gasteiger charge is -2.30. The Morgan fingerprint density at radius 2 is 1.67 bits per heavy atom. The lowest BCUT2D eigenvalue weighted by molar-refractivity contribution is -0.152. The van der Waals surface area contributed by atoms with Crippen LogP contribution in [0.25, 0.3) is 0 Å². The van der Waals surface area contributed by atoms with Gasteiger partial charge in [0.15, 0.2) is 0 Å². The second-order valence-corrected chi connectivity index (χ2v) is 6.07. The molecule has 5 nitrogen and oxygen atoms in total. The van der Waals surface area contributed by atoms with E-state index >= 15 is 0 Å². The number of nitrogens with two attached hydrogens (primary N) is 1. The average Bonchev–Trinajstić information content (AvgIpc) is 2.79. The molecule has 1 fully saturated rings. The molecule has 0 saturated heterocycles. The molecule has 21 heavy (non-hydrogen) atoms. The van der Waals surface area contributed by atoms with Crippen molar-refractivity contribution in [1.82, 2.24) is 9.80 Å². The molecule has 5 heteroatoms. The molecule has 0 spiro atoms. The molecule has 1 aliphatic rings. The molecule has 0 radical (unpaired) electrons. The van der Waals surface area contributed by atoms with E-state index in [9.17, 15) is 9.59 Å². The maximum Gasteiger partial charge on any atom is 0.312 e. The van der Waals surface area contributed by atoms with E-state index in [2.05, 4.69) is 0 Å². The van der Waals surface area contributed by atoms with E-state index < -0.39 is 5.91 Å². The zero-order valence-corrected chi connectivity index (χ0v) is 13.8. The van der Waals surface area contributed by atoms with E-state index in [4.69, 9.17) is 5.73 Å². The first-order chi connectivity index (χ1) is 10.0. The Morgan fingerprint density at radius 1 is 1.10 bits per heavy atom. The van der Waals surface area contributed by atoms with Crippen LogP contribution in [0.5, 0.6) is 0 Å². The molecule has 0 heterocycles. The number of carbonyl (C=O) groups is 2. The monoisotopic (exact) mass is 297 g/mol. The Hall–Kier alpha value is -1.10. The van der Waals surface area contributed by atoms with Gasteiger partial charge >= 0.3 is 11.8 Å². The lowest BCUT2D eigenvalue weighted by atomic mass is 10.1. The highest BCUT2D eigenvalue weighted by molar-refractivity contribution is 6.34. The predicted molar refractivity (Wildman–Crippen MR) is 84.8 cm³/mol. The molecular formula is C16H31N3O2. The first-order valence-corrected chi connectivity index (χ1v) is 8.32. The zero-order chi connectivity index (χ0) is 15.8. The molecule has 2 N–H and O–H groups in total. The van der Waals surface area contributed by atoms with E-state index in [1.165, 1.54) is 12.8 Å². The summed E-state index contributed by atoms with van der Waals surface area (Å²) in [5.41, 5.74) is 5.91. The Balaban J connectivity index is 2.63. The van der Waals surface area contributed by atoms with Gasteiger partial charge in [0.1, 0.15) is 0 Å². The Labute approximate surface area is 128 Å². The first kappa shape index (κ1) is 18.0. The van der Waals surface area contributed by atoms with Crippen LogP contribution in [0.4, 0.5) is 0 Å². The number of likely N-dealkylation sites (N-methyl/N-ethyl adjacent to an activating group) is 2. The Morgan fingerprint density at radius 3 is 2.14 bits per heavy atom. The van der Waals surface area contributed by atoms with Crippen LogP contribution >= 0.6 is 0 Å². The molecule has 1 atom stereocenters. The zero-order valence-electron chi connectivity index (χ0n) is 13.8. The van der Waals surface area contributed by atoms with E-state index in [0.717, 1.165) is 32.1 Å². The first-order valence-electron chi connectivity index (χ1n) is 8.32. The summed E-state index contributed by atoms with van der Waals surface area (Å²) in [4.78, 5) is 28.0. The highest BCUT2D eigenvalue weighted by atomic mass is 16.2. The molecule has 1 rings (SSSR count). The third-order valence-corrected chi connectivity index (χ3v) is 4.52. The summed E-state index contributed by atoms with van der Waals surface area (Å²) in [6.07, 6.45) is 7.59. The molecule has 122 valence electrons. The van der Waals surface area contributed by atoms with Gasteiger partial charge in [0, 0.05) is 32.2 Å². The molecule has 1 saturated carbocycles. The third kappa shape index (κ3) is 5.30. The van der Waals surface area contributed by atoms with Crippen LogP contribution in [0.2, 0.25) is 0 Å². The summed E-state index contributed by atoms with van der Waals surface area (Å²) in [5.74, 6) is -0.791. The number of rotatable bonds is 5. The van der Waals surface area contributed by atoms with E-state index in [1.807, 2.05) is 13.8 Å². The van der Waals surface area contributed by atoms with Crippen LogP contribution < -0.4 is 5.73 Å². The van der Waals surface area contributed by atoms with E-state index in [-0.39, 0.29) is 18.0 Å². The summed E-state index contributed by atoms with van der Waals surface area (Å²) in [6, 6.07) is 0.146. The van der Waals surface area contributed by atoms with Crippen molar-refractivity contribution in [2.75, 3.05) is 20.1 Å². The molecule has 1 aliphatic carbocycles. The average molecular weight is 297 g/mol. The number of hydrogen-bond donors (Lipinski definition) is 1. The number of carbonyl (C=O) groups excluding carboxylic acids is 2. The predicted octanol–water partition coefficient (Wildman–Crippen LogP) is 1.75. The van der Waals surface area contributed by atoms with Gasteiger partial charge in [0.05, 0.1) is 0 Å². The smallest absolute Gasteiger partial charge is 0.312 e. The largest absolute Gasteiger partial charge is 0.335 e. The van der Waals surface area contributed by atoms with Crippen LogP contribution in [-0.4, -0.2) is 53.8 Å². The summed E-state index contributed by atoms with van der Waals surface area (Å²) < 4.78 is 0. The summed E-state index contributed by atoms with van der Waals surface area (Å²) in [5, 5.41) is 0. The fourth-order valence-corrected chi connectivity index (χ4v) is 2.86.